The monoisotopic (exact) mass is 446 g/mol. The molecule has 5 rings (SSSR count). The molecule has 1 N–H and O–H groups in total. The summed E-state index contributed by atoms with van der Waals surface area (Å²) in [6.07, 6.45) is 1.67. The summed E-state index contributed by atoms with van der Waals surface area (Å²) in [6.45, 7) is 0. The van der Waals surface area contributed by atoms with E-state index in [1.807, 2.05) is 18.2 Å². The maximum Gasteiger partial charge on any atom is 0.261 e. The number of aromatic nitrogens is 5. The molecule has 0 aliphatic heterocycles. The number of nitrogens with one attached hydrogen (secondary N) is 1. The van der Waals surface area contributed by atoms with Crippen LogP contribution in [0.25, 0.3) is 28.4 Å². The van der Waals surface area contributed by atoms with Crippen LogP contribution in [0, 0.1) is 5.82 Å². The third-order valence-electron chi connectivity index (χ3n) is 4.70. The minimum Gasteiger partial charge on any atom is -0.280 e. The Balaban J connectivity index is 1.44. The second-order valence-corrected chi connectivity index (χ2v) is 8.55. The van der Waals surface area contributed by atoms with Gasteiger partial charge < -0.3 is 0 Å². The van der Waals surface area contributed by atoms with Gasteiger partial charge in [-0.1, -0.05) is 24.3 Å². The van der Waals surface area contributed by atoms with Crippen LogP contribution in [0.15, 0.2) is 90.0 Å². The highest BCUT2D eigenvalue weighted by Crippen LogP contribution is 2.23. The fourth-order valence-corrected chi connectivity index (χ4v) is 4.24. The first kappa shape index (κ1) is 19.8. The minimum absolute atomic E-state index is 0.150. The zero-order valence-corrected chi connectivity index (χ0v) is 17.2. The number of pyridine rings is 1. The zero-order chi connectivity index (χ0) is 22.1. The van der Waals surface area contributed by atoms with E-state index in [0.29, 0.717) is 28.5 Å². The minimum atomic E-state index is -3.90. The van der Waals surface area contributed by atoms with Crippen molar-refractivity contribution < 1.29 is 12.8 Å². The lowest BCUT2D eigenvalue weighted by molar-refractivity contribution is 0.595. The van der Waals surface area contributed by atoms with Gasteiger partial charge in [-0.05, 0) is 54.6 Å². The lowest BCUT2D eigenvalue weighted by Gasteiger charge is -2.09. The van der Waals surface area contributed by atoms with Crippen LogP contribution in [0.5, 0.6) is 0 Å². The maximum absolute atomic E-state index is 13.4. The molecule has 0 aliphatic rings. The van der Waals surface area contributed by atoms with Gasteiger partial charge in [-0.25, -0.2) is 12.8 Å². The maximum atomic E-state index is 13.4. The van der Waals surface area contributed by atoms with Crippen LogP contribution in [0.4, 0.5) is 10.1 Å². The Morgan fingerprint density at radius 1 is 0.844 bits per heavy atom. The Bertz CT molecular complexity index is 1520. The van der Waals surface area contributed by atoms with E-state index in [9.17, 15) is 12.8 Å². The van der Waals surface area contributed by atoms with E-state index in [4.69, 9.17) is 0 Å². The third-order valence-corrected chi connectivity index (χ3v) is 6.08. The molecule has 158 valence electrons. The molecule has 0 saturated heterocycles. The zero-order valence-electron chi connectivity index (χ0n) is 16.4. The molecule has 0 amide bonds. The molecule has 0 fully saturated rings. The molecule has 0 bridgehead atoms. The SMILES string of the molecule is O=S(=O)(Nc1ccc(-c2ccc3nnc(-c4ccccn4)n3n2)cc1)c1cccc(F)c1. The number of fused-ring (bicyclic) bond motifs is 1. The highest BCUT2D eigenvalue weighted by Gasteiger charge is 2.15. The molecule has 8 nitrogen and oxygen atoms in total. The normalized spacial score (nSPS) is 11.5. The van der Waals surface area contributed by atoms with E-state index in [-0.39, 0.29) is 4.90 Å². The van der Waals surface area contributed by atoms with Gasteiger partial charge in [0.25, 0.3) is 10.0 Å². The van der Waals surface area contributed by atoms with Gasteiger partial charge in [0.15, 0.2) is 5.65 Å². The number of halogens is 1. The van der Waals surface area contributed by atoms with Crippen molar-refractivity contribution >= 4 is 21.4 Å². The van der Waals surface area contributed by atoms with Crippen molar-refractivity contribution in [3.8, 4) is 22.8 Å². The van der Waals surface area contributed by atoms with Gasteiger partial charge in [0.1, 0.15) is 11.5 Å². The van der Waals surface area contributed by atoms with Crippen LogP contribution in [0.1, 0.15) is 0 Å². The number of nitrogens with zero attached hydrogens (tertiary/aromatic N) is 5. The molecule has 3 aromatic heterocycles. The van der Waals surface area contributed by atoms with Gasteiger partial charge in [-0.3, -0.25) is 9.71 Å². The van der Waals surface area contributed by atoms with E-state index in [1.54, 1.807) is 47.1 Å². The fraction of sp³-hybridized carbons (Fsp3) is 0. The number of rotatable bonds is 5. The molecule has 0 saturated carbocycles. The smallest absolute Gasteiger partial charge is 0.261 e. The first-order valence-electron chi connectivity index (χ1n) is 9.52. The van der Waals surface area contributed by atoms with Gasteiger partial charge in [0.05, 0.1) is 10.6 Å². The van der Waals surface area contributed by atoms with Crippen LogP contribution in [0.2, 0.25) is 0 Å². The van der Waals surface area contributed by atoms with Gasteiger partial charge in [-0.2, -0.15) is 9.61 Å². The molecule has 0 radical (unpaired) electrons. The Labute approximate surface area is 182 Å². The topological polar surface area (TPSA) is 102 Å². The first-order chi connectivity index (χ1) is 15.5. The molecule has 0 spiro atoms. The van der Waals surface area contributed by atoms with E-state index in [1.165, 1.54) is 18.2 Å². The molecule has 10 heteroatoms. The average Bonchev–Trinajstić information content (AvgIpc) is 3.23. The summed E-state index contributed by atoms with van der Waals surface area (Å²) < 4.78 is 42.4. The highest BCUT2D eigenvalue weighted by molar-refractivity contribution is 7.92. The van der Waals surface area contributed by atoms with Crippen LogP contribution < -0.4 is 4.72 Å². The predicted molar refractivity (Wildman–Crippen MR) is 117 cm³/mol. The van der Waals surface area contributed by atoms with Crippen LogP contribution in [-0.2, 0) is 10.0 Å². The summed E-state index contributed by atoms with van der Waals surface area (Å²) in [5.74, 6) is -0.106. The molecular weight excluding hydrogens is 431 g/mol. The summed E-state index contributed by atoms with van der Waals surface area (Å²) in [5, 5.41) is 12.9. The molecule has 3 heterocycles. The van der Waals surface area contributed by atoms with Crippen molar-refractivity contribution in [3.63, 3.8) is 0 Å². The number of hydrogen-bond acceptors (Lipinski definition) is 6. The molecule has 0 atom stereocenters. The first-order valence-corrected chi connectivity index (χ1v) is 11.0. The molecule has 0 unspecified atom stereocenters. The Morgan fingerprint density at radius 3 is 2.44 bits per heavy atom. The van der Waals surface area contributed by atoms with Crippen LogP contribution in [0.3, 0.4) is 0 Å². The molecular formula is C22H15FN6O2S. The van der Waals surface area contributed by atoms with E-state index >= 15 is 0 Å². The van der Waals surface area contributed by atoms with Crippen molar-refractivity contribution in [1.29, 1.82) is 0 Å². The van der Waals surface area contributed by atoms with Crippen molar-refractivity contribution in [2.45, 2.75) is 4.90 Å². The second-order valence-electron chi connectivity index (χ2n) is 6.87. The Morgan fingerprint density at radius 2 is 1.69 bits per heavy atom. The summed E-state index contributed by atoms with van der Waals surface area (Å²) in [6, 6.07) is 20.6. The van der Waals surface area contributed by atoms with Crippen LogP contribution in [-0.4, -0.2) is 33.2 Å². The standard InChI is InChI=1S/C22H15FN6O2S/c23-16-4-3-5-18(14-16)32(30,31)28-17-9-7-15(8-10-17)19-11-12-21-25-26-22(29(21)27-19)20-6-1-2-13-24-20/h1-14,28H. The molecule has 32 heavy (non-hydrogen) atoms. The quantitative estimate of drug-likeness (QED) is 0.441. The summed E-state index contributed by atoms with van der Waals surface area (Å²) in [5.41, 5.74) is 2.98. The van der Waals surface area contributed by atoms with Crippen molar-refractivity contribution in [2.24, 2.45) is 0 Å². The van der Waals surface area contributed by atoms with E-state index in [0.717, 1.165) is 11.6 Å². The Kier molecular flexibility index (Phi) is 4.83. The second kappa shape index (κ2) is 7.82. The highest BCUT2D eigenvalue weighted by atomic mass is 32.2. The van der Waals surface area contributed by atoms with Crippen molar-refractivity contribution in [2.75, 3.05) is 4.72 Å². The third kappa shape index (κ3) is 3.79. The van der Waals surface area contributed by atoms with E-state index in [2.05, 4.69) is 25.0 Å². The largest absolute Gasteiger partial charge is 0.280 e. The van der Waals surface area contributed by atoms with E-state index < -0.39 is 15.8 Å². The summed E-state index contributed by atoms with van der Waals surface area (Å²) in [4.78, 5) is 4.15. The average molecular weight is 446 g/mol. The fourth-order valence-electron chi connectivity index (χ4n) is 3.15. The Hall–Kier alpha value is -4.18. The van der Waals surface area contributed by atoms with Crippen LogP contribution >= 0.6 is 0 Å². The van der Waals surface area contributed by atoms with Gasteiger partial charge >= 0.3 is 0 Å². The summed E-state index contributed by atoms with van der Waals surface area (Å²) in [7, 11) is -3.90. The number of hydrogen-bond donors (Lipinski definition) is 1. The number of anilines is 1. The number of sulfonamides is 1. The lowest BCUT2D eigenvalue weighted by atomic mass is 10.1. The van der Waals surface area contributed by atoms with Crippen molar-refractivity contribution in [1.82, 2.24) is 24.8 Å². The van der Waals surface area contributed by atoms with Gasteiger partial charge in [0.2, 0.25) is 5.82 Å². The van der Waals surface area contributed by atoms with Crippen molar-refractivity contribution in [3.05, 3.63) is 90.9 Å². The number of benzene rings is 2. The summed E-state index contributed by atoms with van der Waals surface area (Å²) >= 11 is 0. The molecule has 5 aromatic rings. The predicted octanol–water partition coefficient (Wildman–Crippen LogP) is 3.79. The molecule has 2 aromatic carbocycles. The molecule has 0 aliphatic carbocycles. The lowest BCUT2D eigenvalue weighted by Crippen LogP contribution is -2.13. The van der Waals surface area contributed by atoms with Gasteiger partial charge in [-0.15, -0.1) is 10.2 Å². The van der Waals surface area contributed by atoms with Gasteiger partial charge in [0, 0.05) is 17.4 Å².